The third-order valence-corrected chi connectivity index (χ3v) is 2.98. The summed E-state index contributed by atoms with van der Waals surface area (Å²) in [5, 5.41) is 20.3. The van der Waals surface area contributed by atoms with Crippen molar-refractivity contribution >= 4 is 39.4 Å². The van der Waals surface area contributed by atoms with Gasteiger partial charge in [-0.25, -0.2) is 4.79 Å². The number of carboxylic acids is 1. The maximum atomic E-state index is 11.7. The number of benzene rings is 1. The van der Waals surface area contributed by atoms with Crippen LogP contribution in [0.3, 0.4) is 0 Å². The van der Waals surface area contributed by atoms with Crippen molar-refractivity contribution in [3.05, 3.63) is 33.3 Å². The third kappa shape index (κ3) is 4.29. The molecule has 3 N–H and O–H groups in total. The van der Waals surface area contributed by atoms with Crippen LogP contribution >= 0.6 is 27.5 Å². The van der Waals surface area contributed by atoms with E-state index >= 15 is 0 Å². The van der Waals surface area contributed by atoms with Crippen LogP contribution in [0, 0.1) is 0 Å². The van der Waals surface area contributed by atoms with Crippen LogP contribution in [0.1, 0.15) is 16.8 Å². The van der Waals surface area contributed by atoms with Crippen molar-refractivity contribution in [2.45, 2.75) is 12.5 Å². The van der Waals surface area contributed by atoms with Gasteiger partial charge in [0.1, 0.15) is 0 Å². The van der Waals surface area contributed by atoms with E-state index in [0.29, 0.717) is 9.50 Å². The Morgan fingerprint density at radius 2 is 2.11 bits per heavy atom. The van der Waals surface area contributed by atoms with Crippen LogP contribution in [-0.2, 0) is 4.79 Å². The predicted octanol–water partition coefficient (Wildman–Crippen LogP) is 1.67. The van der Waals surface area contributed by atoms with Gasteiger partial charge in [0.25, 0.3) is 5.91 Å². The fraction of sp³-hybridized carbons (Fsp3) is 0.273. The summed E-state index contributed by atoms with van der Waals surface area (Å²) in [6.45, 7) is 0.0507. The molecule has 0 aliphatic heterocycles. The molecule has 0 radical (unpaired) electrons. The Hall–Kier alpha value is -1.11. The number of aliphatic carboxylic acids is 1. The number of carbonyl (C=O) groups excluding carboxylic acids is 1. The first-order valence-electron chi connectivity index (χ1n) is 5.06. The van der Waals surface area contributed by atoms with Gasteiger partial charge in [0.2, 0.25) is 0 Å². The lowest BCUT2D eigenvalue weighted by Gasteiger charge is -2.08. The Bertz CT molecular complexity index is 466. The van der Waals surface area contributed by atoms with Crippen molar-refractivity contribution < 1.29 is 19.8 Å². The van der Waals surface area contributed by atoms with Gasteiger partial charge in [-0.15, -0.1) is 0 Å². The van der Waals surface area contributed by atoms with E-state index in [-0.39, 0.29) is 18.5 Å². The highest BCUT2D eigenvalue weighted by Gasteiger charge is 2.14. The second-order valence-corrected chi connectivity index (χ2v) is 4.85. The van der Waals surface area contributed by atoms with Crippen LogP contribution in [0.25, 0.3) is 0 Å². The zero-order chi connectivity index (χ0) is 13.7. The van der Waals surface area contributed by atoms with E-state index in [4.69, 9.17) is 21.8 Å². The molecule has 1 atom stereocenters. The standard InChI is InChI=1S/C11H11BrClNO4/c12-6-1-2-8(13)7(5-6)10(16)14-4-3-9(15)11(17)18/h1-2,5,9,15H,3-4H2,(H,14,16)(H,17,18)/t9-/m0/s1. The first kappa shape index (κ1) is 14.9. The first-order chi connectivity index (χ1) is 8.41. The average Bonchev–Trinajstić information content (AvgIpc) is 2.31. The summed E-state index contributed by atoms with van der Waals surface area (Å²) < 4.78 is 0.711. The number of hydrogen-bond donors (Lipinski definition) is 3. The first-order valence-corrected chi connectivity index (χ1v) is 6.23. The number of aliphatic hydroxyl groups is 1. The Morgan fingerprint density at radius 3 is 2.72 bits per heavy atom. The quantitative estimate of drug-likeness (QED) is 0.763. The molecule has 1 amide bonds. The lowest BCUT2D eigenvalue weighted by molar-refractivity contribution is -0.146. The molecule has 1 rings (SSSR count). The highest BCUT2D eigenvalue weighted by Crippen LogP contribution is 2.20. The third-order valence-electron chi connectivity index (χ3n) is 2.16. The topological polar surface area (TPSA) is 86.6 Å². The van der Waals surface area contributed by atoms with Crippen molar-refractivity contribution in [1.29, 1.82) is 0 Å². The van der Waals surface area contributed by atoms with Gasteiger partial charge in [0.15, 0.2) is 6.10 Å². The van der Waals surface area contributed by atoms with E-state index in [0.717, 1.165) is 0 Å². The van der Waals surface area contributed by atoms with Gasteiger partial charge in [-0.3, -0.25) is 4.79 Å². The highest BCUT2D eigenvalue weighted by molar-refractivity contribution is 9.10. The van der Waals surface area contributed by atoms with Crippen LogP contribution in [0.5, 0.6) is 0 Å². The van der Waals surface area contributed by atoms with E-state index in [2.05, 4.69) is 21.2 Å². The van der Waals surface area contributed by atoms with Gasteiger partial charge in [-0.05, 0) is 18.2 Å². The number of amides is 1. The van der Waals surface area contributed by atoms with Gasteiger partial charge in [-0.2, -0.15) is 0 Å². The van der Waals surface area contributed by atoms with Crippen LogP contribution < -0.4 is 5.32 Å². The molecular weight excluding hydrogens is 325 g/mol. The number of aliphatic hydroxyl groups excluding tert-OH is 1. The van der Waals surface area contributed by atoms with Gasteiger partial charge < -0.3 is 15.5 Å². The molecule has 18 heavy (non-hydrogen) atoms. The molecule has 0 aromatic heterocycles. The Kier molecular flexibility index (Phi) is 5.58. The minimum Gasteiger partial charge on any atom is -0.479 e. The maximum absolute atomic E-state index is 11.7. The minimum absolute atomic E-state index is 0.0507. The lowest BCUT2D eigenvalue weighted by atomic mass is 10.2. The van der Waals surface area contributed by atoms with Crippen molar-refractivity contribution in [3.8, 4) is 0 Å². The lowest BCUT2D eigenvalue weighted by Crippen LogP contribution is -2.30. The van der Waals surface area contributed by atoms with Crippen LogP contribution in [0.2, 0.25) is 5.02 Å². The summed E-state index contributed by atoms with van der Waals surface area (Å²) in [6, 6.07) is 4.84. The average molecular weight is 337 g/mol. The fourth-order valence-corrected chi connectivity index (χ4v) is 1.78. The molecule has 0 fully saturated rings. The molecule has 0 aliphatic rings. The van der Waals surface area contributed by atoms with Crippen LogP contribution in [0.15, 0.2) is 22.7 Å². The van der Waals surface area contributed by atoms with E-state index in [9.17, 15) is 9.59 Å². The van der Waals surface area contributed by atoms with E-state index in [1.54, 1.807) is 18.2 Å². The molecule has 0 heterocycles. The molecular formula is C11H11BrClNO4. The van der Waals surface area contributed by atoms with Gasteiger partial charge in [-0.1, -0.05) is 27.5 Å². The van der Waals surface area contributed by atoms with Crippen molar-refractivity contribution in [1.82, 2.24) is 5.32 Å². The summed E-state index contributed by atoms with van der Waals surface area (Å²) >= 11 is 9.08. The molecule has 1 aromatic rings. The Balaban J connectivity index is 2.55. The molecule has 0 bridgehead atoms. The maximum Gasteiger partial charge on any atom is 0.332 e. The van der Waals surface area contributed by atoms with Crippen LogP contribution in [-0.4, -0.2) is 34.7 Å². The smallest absolute Gasteiger partial charge is 0.332 e. The Morgan fingerprint density at radius 1 is 1.44 bits per heavy atom. The van der Waals surface area contributed by atoms with Gasteiger partial charge in [0, 0.05) is 17.4 Å². The van der Waals surface area contributed by atoms with Gasteiger partial charge >= 0.3 is 5.97 Å². The van der Waals surface area contributed by atoms with Crippen molar-refractivity contribution in [2.24, 2.45) is 0 Å². The summed E-state index contributed by atoms with van der Waals surface area (Å²) in [5.74, 6) is -1.73. The SMILES string of the molecule is O=C(NCC[C@H](O)C(=O)O)c1cc(Br)ccc1Cl. The van der Waals surface area contributed by atoms with Crippen molar-refractivity contribution in [2.75, 3.05) is 6.54 Å². The number of carboxylic acid groups (broad SMARTS) is 1. The van der Waals surface area contributed by atoms with E-state index in [1.807, 2.05) is 0 Å². The molecule has 0 aliphatic carbocycles. The number of nitrogens with one attached hydrogen (secondary N) is 1. The van der Waals surface area contributed by atoms with E-state index < -0.39 is 18.0 Å². The summed E-state index contributed by atoms with van der Waals surface area (Å²) in [7, 11) is 0. The summed E-state index contributed by atoms with van der Waals surface area (Å²) in [4.78, 5) is 22.1. The van der Waals surface area contributed by atoms with Gasteiger partial charge in [0.05, 0.1) is 10.6 Å². The fourth-order valence-electron chi connectivity index (χ4n) is 1.21. The second-order valence-electron chi connectivity index (χ2n) is 3.52. The molecule has 0 saturated heterocycles. The summed E-state index contributed by atoms with van der Waals surface area (Å²) in [6.07, 6.45) is -1.55. The zero-order valence-corrected chi connectivity index (χ0v) is 11.5. The number of halogens is 2. The normalized spacial score (nSPS) is 11.9. The Labute approximate surface area is 117 Å². The van der Waals surface area contributed by atoms with Crippen molar-refractivity contribution in [3.63, 3.8) is 0 Å². The molecule has 1 aromatic carbocycles. The number of rotatable bonds is 5. The number of carbonyl (C=O) groups is 2. The largest absolute Gasteiger partial charge is 0.479 e. The highest BCUT2D eigenvalue weighted by atomic mass is 79.9. The minimum atomic E-state index is -1.48. The van der Waals surface area contributed by atoms with Crippen LogP contribution in [0.4, 0.5) is 0 Å². The molecule has 0 spiro atoms. The predicted molar refractivity (Wildman–Crippen MR) is 69.7 cm³/mol. The molecule has 7 heteroatoms. The molecule has 0 unspecified atom stereocenters. The summed E-state index contributed by atoms with van der Waals surface area (Å²) in [5.41, 5.74) is 0.288. The second kappa shape index (κ2) is 6.72. The zero-order valence-electron chi connectivity index (χ0n) is 9.19. The number of hydrogen-bond acceptors (Lipinski definition) is 3. The molecule has 5 nitrogen and oxygen atoms in total. The molecule has 98 valence electrons. The molecule has 0 saturated carbocycles. The monoisotopic (exact) mass is 335 g/mol. The van der Waals surface area contributed by atoms with E-state index in [1.165, 1.54) is 0 Å².